The van der Waals surface area contributed by atoms with E-state index in [9.17, 15) is 5.11 Å². The number of aryl methyl sites for hydroxylation is 1. The fourth-order valence-corrected chi connectivity index (χ4v) is 2.71. The second kappa shape index (κ2) is 8.47. The van der Waals surface area contributed by atoms with Crippen molar-refractivity contribution >= 4 is 17.2 Å². The van der Waals surface area contributed by atoms with Crippen LogP contribution in [0.3, 0.4) is 0 Å². The Morgan fingerprint density at radius 1 is 1.08 bits per heavy atom. The first kappa shape index (κ1) is 17.9. The molecule has 1 aromatic carbocycles. The molecule has 6 nitrogen and oxygen atoms in total. The zero-order valence-corrected chi connectivity index (χ0v) is 15.2. The number of imidazole rings is 1. The van der Waals surface area contributed by atoms with E-state index in [1.165, 1.54) is 19.3 Å². The van der Waals surface area contributed by atoms with E-state index in [1.807, 2.05) is 31.2 Å². The van der Waals surface area contributed by atoms with Gasteiger partial charge in [-0.25, -0.2) is 4.98 Å². The number of nitrogens with zero attached hydrogens (tertiary/aromatic N) is 4. The molecule has 0 spiro atoms. The van der Waals surface area contributed by atoms with Crippen LogP contribution < -0.4 is 4.74 Å². The highest BCUT2D eigenvalue weighted by Crippen LogP contribution is 2.28. The van der Waals surface area contributed by atoms with E-state index in [0.29, 0.717) is 17.2 Å². The summed E-state index contributed by atoms with van der Waals surface area (Å²) in [4.78, 5) is 4.33. The van der Waals surface area contributed by atoms with Crippen LogP contribution in [-0.2, 0) is 0 Å². The van der Waals surface area contributed by atoms with E-state index in [-0.39, 0.29) is 5.75 Å². The maximum atomic E-state index is 9.87. The van der Waals surface area contributed by atoms with Crippen LogP contribution in [0.15, 0.2) is 52.8 Å². The molecule has 3 aromatic rings. The molecule has 0 aliphatic rings. The van der Waals surface area contributed by atoms with Gasteiger partial charge in [-0.15, -0.1) is 10.2 Å². The molecule has 136 valence electrons. The summed E-state index contributed by atoms with van der Waals surface area (Å²) in [5.41, 5.74) is 1.92. The molecule has 2 heterocycles. The Morgan fingerprint density at radius 2 is 1.88 bits per heavy atom. The lowest BCUT2D eigenvalue weighted by molar-refractivity contribution is 0.305. The summed E-state index contributed by atoms with van der Waals surface area (Å²) in [6.45, 7) is 4.78. The van der Waals surface area contributed by atoms with E-state index in [0.717, 1.165) is 24.5 Å². The Kier molecular flexibility index (Phi) is 5.84. The molecule has 0 unspecified atom stereocenters. The van der Waals surface area contributed by atoms with Crippen LogP contribution in [0.5, 0.6) is 11.5 Å². The number of aromatic nitrogens is 2. The number of hydrogen-bond acceptors (Lipinski definition) is 5. The summed E-state index contributed by atoms with van der Waals surface area (Å²) < 4.78 is 7.46. The number of rotatable bonds is 8. The number of pyridine rings is 1. The first-order valence-electron chi connectivity index (χ1n) is 9.00. The van der Waals surface area contributed by atoms with E-state index in [2.05, 4.69) is 22.1 Å². The molecule has 2 aromatic heterocycles. The molecule has 0 amide bonds. The van der Waals surface area contributed by atoms with Crippen molar-refractivity contribution in [3.63, 3.8) is 0 Å². The molecule has 0 radical (unpaired) electrons. The molecular formula is C20H24N4O2. The molecule has 0 bridgehead atoms. The Balaban J connectivity index is 1.66. The van der Waals surface area contributed by atoms with Gasteiger partial charge in [0.2, 0.25) is 0 Å². The third kappa shape index (κ3) is 4.20. The van der Waals surface area contributed by atoms with Crippen LogP contribution in [0, 0.1) is 6.92 Å². The van der Waals surface area contributed by atoms with Crippen LogP contribution in [-0.4, -0.2) is 21.1 Å². The van der Waals surface area contributed by atoms with Gasteiger partial charge in [-0.1, -0.05) is 26.2 Å². The second-order valence-corrected chi connectivity index (χ2v) is 6.21. The van der Waals surface area contributed by atoms with Crippen molar-refractivity contribution < 1.29 is 9.84 Å². The maximum Gasteiger partial charge on any atom is 0.182 e. The predicted molar refractivity (Wildman–Crippen MR) is 102 cm³/mol. The summed E-state index contributed by atoms with van der Waals surface area (Å²) in [7, 11) is 0. The van der Waals surface area contributed by atoms with Crippen molar-refractivity contribution in [1.82, 2.24) is 9.38 Å². The Hall–Kier alpha value is -2.89. The van der Waals surface area contributed by atoms with Crippen molar-refractivity contribution in [2.75, 3.05) is 6.61 Å². The molecule has 0 saturated carbocycles. The highest BCUT2D eigenvalue weighted by molar-refractivity contribution is 5.59. The molecule has 26 heavy (non-hydrogen) atoms. The van der Waals surface area contributed by atoms with Gasteiger partial charge < -0.3 is 9.84 Å². The van der Waals surface area contributed by atoms with E-state index < -0.39 is 0 Å². The summed E-state index contributed by atoms with van der Waals surface area (Å²) in [5, 5.41) is 18.5. The Morgan fingerprint density at radius 3 is 2.65 bits per heavy atom. The number of ether oxygens (including phenoxy) is 1. The minimum absolute atomic E-state index is 0.123. The number of hydrogen-bond donors (Lipinski definition) is 1. The highest BCUT2D eigenvalue weighted by Gasteiger charge is 2.10. The Bertz CT molecular complexity index is 885. The zero-order valence-electron chi connectivity index (χ0n) is 15.2. The third-order valence-corrected chi connectivity index (χ3v) is 4.14. The predicted octanol–water partition coefficient (Wildman–Crippen LogP) is 5.72. The van der Waals surface area contributed by atoms with Crippen molar-refractivity contribution in [1.29, 1.82) is 0 Å². The van der Waals surface area contributed by atoms with Crippen LogP contribution in [0.4, 0.5) is 11.5 Å². The molecular weight excluding hydrogens is 328 g/mol. The first-order chi connectivity index (χ1) is 12.7. The second-order valence-electron chi connectivity index (χ2n) is 6.21. The van der Waals surface area contributed by atoms with Crippen LogP contribution >= 0.6 is 0 Å². The van der Waals surface area contributed by atoms with Crippen molar-refractivity contribution in [2.45, 2.75) is 39.5 Å². The first-order valence-corrected chi connectivity index (χ1v) is 9.00. The molecule has 0 aliphatic heterocycles. The molecule has 0 saturated heterocycles. The average Bonchev–Trinajstić information content (AvgIpc) is 2.98. The van der Waals surface area contributed by atoms with Crippen molar-refractivity contribution in [3.05, 3.63) is 48.3 Å². The maximum absolute atomic E-state index is 9.87. The SMILES string of the molecule is CCCCCCOc1ccc(N=Nc2c(C)nc3c(O)cccn23)cc1. The summed E-state index contributed by atoms with van der Waals surface area (Å²) in [6, 6.07) is 10.9. The minimum atomic E-state index is 0.123. The molecule has 0 aliphatic carbocycles. The van der Waals surface area contributed by atoms with Crippen LogP contribution in [0.1, 0.15) is 38.3 Å². The normalized spacial score (nSPS) is 11.5. The topological polar surface area (TPSA) is 71.5 Å². The van der Waals surface area contributed by atoms with Gasteiger partial charge in [-0.3, -0.25) is 4.40 Å². The van der Waals surface area contributed by atoms with E-state index in [1.54, 1.807) is 22.7 Å². The van der Waals surface area contributed by atoms with Gasteiger partial charge in [-0.2, -0.15) is 0 Å². The van der Waals surface area contributed by atoms with Gasteiger partial charge in [0.1, 0.15) is 5.75 Å². The van der Waals surface area contributed by atoms with E-state index >= 15 is 0 Å². The molecule has 6 heteroatoms. The van der Waals surface area contributed by atoms with Gasteiger partial charge in [0.05, 0.1) is 18.0 Å². The fraction of sp³-hybridized carbons (Fsp3) is 0.350. The van der Waals surface area contributed by atoms with Crippen molar-refractivity contribution in [3.8, 4) is 11.5 Å². The van der Waals surface area contributed by atoms with E-state index in [4.69, 9.17) is 4.74 Å². The lowest BCUT2D eigenvalue weighted by Crippen LogP contribution is -1.96. The number of fused-ring (bicyclic) bond motifs is 1. The molecule has 1 N–H and O–H groups in total. The fourth-order valence-electron chi connectivity index (χ4n) is 2.71. The van der Waals surface area contributed by atoms with Gasteiger partial charge in [-0.05, 0) is 49.7 Å². The van der Waals surface area contributed by atoms with Crippen LogP contribution in [0.2, 0.25) is 0 Å². The van der Waals surface area contributed by atoms with Gasteiger partial charge in [0.25, 0.3) is 0 Å². The van der Waals surface area contributed by atoms with Crippen molar-refractivity contribution in [2.24, 2.45) is 10.2 Å². The molecule has 3 rings (SSSR count). The van der Waals surface area contributed by atoms with Gasteiger partial charge in [0, 0.05) is 6.20 Å². The summed E-state index contributed by atoms with van der Waals surface area (Å²) in [6.07, 6.45) is 6.57. The average molecular weight is 352 g/mol. The minimum Gasteiger partial charge on any atom is -0.504 e. The van der Waals surface area contributed by atoms with Crippen LogP contribution in [0.25, 0.3) is 5.65 Å². The van der Waals surface area contributed by atoms with Gasteiger partial charge in [0.15, 0.2) is 17.2 Å². The quantitative estimate of drug-likeness (QED) is 0.416. The number of aromatic hydroxyl groups is 1. The largest absolute Gasteiger partial charge is 0.504 e. The standard InChI is InChI=1S/C20H24N4O2/c1-3-4-5-6-14-26-17-11-9-16(10-12-17)22-23-19-15(2)21-20-18(25)8-7-13-24(19)20/h7-13,25H,3-6,14H2,1-2H3. The molecule has 0 fully saturated rings. The zero-order chi connectivity index (χ0) is 18.4. The molecule has 0 atom stereocenters. The summed E-state index contributed by atoms with van der Waals surface area (Å²) in [5.74, 6) is 1.57. The number of unbranched alkanes of at least 4 members (excludes halogenated alkanes) is 3. The lowest BCUT2D eigenvalue weighted by Gasteiger charge is -2.05. The van der Waals surface area contributed by atoms with Gasteiger partial charge >= 0.3 is 0 Å². The third-order valence-electron chi connectivity index (χ3n) is 4.14. The Labute approximate surface area is 153 Å². The highest BCUT2D eigenvalue weighted by atomic mass is 16.5. The number of benzene rings is 1. The monoisotopic (exact) mass is 352 g/mol. The lowest BCUT2D eigenvalue weighted by atomic mass is 10.2. The smallest absolute Gasteiger partial charge is 0.182 e. The summed E-state index contributed by atoms with van der Waals surface area (Å²) >= 11 is 0. The number of azo groups is 1.